The predicted octanol–water partition coefficient (Wildman–Crippen LogP) is 3.39. The third-order valence-electron chi connectivity index (χ3n) is 3.34. The third-order valence-corrected chi connectivity index (χ3v) is 3.34. The summed E-state index contributed by atoms with van der Waals surface area (Å²) in [7, 11) is 1.34. The Labute approximate surface area is 129 Å². The van der Waals surface area contributed by atoms with Crippen molar-refractivity contribution in [2.75, 3.05) is 7.11 Å². The minimum absolute atomic E-state index is 0.163. The van der Waals surface area contributed by atoms with Crippen molar-refractivity contribution in [2.45, 2.75) is 20.0 Å². The molecule has 114 valence electrons. The van der Waals surface area contributed by atoms with Crippen molar-refractivity contribution in [2.24, 2.45) is 0 Å². The molecule has 0 atom stereocenters. The second kappa shape index (κ2) is 7.41. The fourth-order valence-electron chi connectivity index (χ4n) is 1.96. The molecule has 0 aliphatic carbocycles. The molecular weight excluding hydrogens is 280 g/mol. The van der Waals surface area contributed by atoms with Crippen LogP contribution in [-0.4, -0.2) is 19.0 Å². The molecule has 22 heavy (non-hydrogen) atoms. The Morgan fingerprint density at radius 3 is 1.82 bits per heavy atom. The van der Waals surface area contributed by atoms with Gasteiger partial charge in [-0.25, -0.2) is 9.59 Å². The van der Waals surface area contributed by atoms with E-state index in [0.717, 1.165) is 12.0 Å². The van der Waals surface area contributed by atoms with Crippen LogP contribution < -0.4 is 0 Å². The summed E-state index contributed by atoms with van der Waals surface area (Å²) in [5.41, 5.74) is 2.98. The number of hydrogen-bond acceptors (Lipinski definition) is 4. The van der Waals surface area contributed by atoms with Crippen LogP contribution in [0.15, 0.2) is 48.5 Å². The highest BCUT2D eigenvalue weighted by Crippen LogP contribution is 2.10. The molecule has 0 saturated carbocycles. The highest BCUT2D eigenvalue weighted by atomic mass is 16.5. The summed E-state index contributed by atoms with van der Waals surface area (Å²) in [5, 5.41) is 0. The molecule has 0 spiro atoms. The molecule has 0 bridgehead atoms. The highest BCUT2D eigenvalue weighted by molar-refractivity contribution is 5.90. The van der Waals surface area contributed by atoms with Crippen LogP contribution in [0.25, 0.3) is 0 Å². The van der Waals surface area contributed by atoms with Gasteiger partial charge in [-0.2, -0.15) is 0 Å². The normalized spacial score (nSPS) is 10.1. The Morgan fingerprint density at radius 1 is 0.818 bits per heavy atom. The minimum Gasteiger partial charge on any atom is -0.465 e. The molecule has 0 heterocycles. The van der Waals surface area contributed by atoms with Gasteiger partial charge in [0, 0.05) is 0 Å². The van der Waals surface area contributed by atoms with Gasteiger partial charge in [0.15, 0.2) is 0 Å². The van der Waals surface area contributed by atoms with E-state index in [2.05, 4.69) is 11.7 Å². The van der Waals surface area contributed by atoms with E-state index in [9.17, 15) is 9.59 Å². The van der Waals surface area contributed by atoms with E-state index in [1.54, 1.807) is 36.4 Å². The number of rotatable bonds is 5. The number of benzene rings is 2. The summed E-state index contributed by atoms with van der Waals surface area (Å²) in [6.07, 6.45) is 0.932. The van der Waals surface area contributed by atoms with Gasteiger partial charge in [-0.05, 0) is 41.8 Å². The Balaban J connectivity index is 1.94. The van der Waals surface area contributed by atoms with E-state index in [1.807, 2.05) is 12.1 Å². The Bertz CT molecular complexity index is 642. The third kappa shape index (κ3) is 3.95. The number of carbonyl (C=O) groups is 2. The summed E-state index contributed by atoms with van der Waals surface area (Å²) in [6, 6.07) is 14.1. The fourth-order valence-corrected chi connectivity index (χ4v) is 1.96. The molecule has 4 nitrogen and oxygen atoms in total. The number of hydrogen-bond donors (Lipinski definition) is 0. The Kier molecular flexibility index (Phi) is 5.31. The van der Waals surface area contributed by atoms with Crippen molar-refractivity contribution in [3.63, 3.8) is 0 Å². The lowest BCUT2D eigenvalue weighted by Gasteiger charge is -2.06. The van der Waals surface area contributed by atoms with Crippen LogP contribution in [0.4, 0.5) is 0 Å². The molecule has 2 aromatic rings. The largest absolute Gasteiger partial charge is 0.465 e. The second-order valence-corrected chi connectivity index (χ2v) is 4.82. The van der Waals surface area contributed by atoms with Gasteiger partial charge in [0.1, 0.15) is 6.61 Å². The van der Waals surface area contributed by atoms with Crippen LogP contribution in [0, 0.1) is 0 Å². The SMILES string of the molecule is CCc1ccc(C(=O)OCc2ccc(C(=O)OC)cc2)cc1. The number of aryl methyl sites for hydroxylation is 1. The van der Waals surface area contributed by atoms with Crippen LogP contribution in [0.3, 0.4) is 0 Å². The molecule has 0 N–H and O–H groups in total. The monoisotopic (exact) mass is 298 g/mol. The average molecular weight is 298 g/mol. The highest BCUT2D eigenvalue weighted by Gasteiger charge is 2.08. The predicted molar refractivity (Wildman–Crippen MR) is 82.7 cm³/mol. The van der Waals surface area contributed by atoms with Crippen molar-refractivity contribution >= 4 is 11.9 Å². The molecule has 0 aliphatic rings. The average Bonchev–Trinajstić information content (AvgIpc) is 2.59. The maximum absolute atomic E-state index is 11.9. The fraction of sp³-hybridized carbons (Fsp3) is 0.222. The molecule has 0 aromatic heterocycles. The van der Waals surface area contributed by atoms with Gasteiger partial charge in [-0.1, -0.05) is 31.2 Å². The molecule has 4 heteroatoms. The summed E-state index contributed by atoms with van der Waals surface area (Å²) in [5.74, 6) is -0.751. The minimum atomic E-state index is -0.389. The second-order valence-electron chi connectivity index (χ2n) is 4.82. The summed E-state index contributed by atoms with van der Waals surface area (Å²) in [4.78, 5) is 23.3. The number of esters is 2. The van der Waals surface area contributed by atoms with E-state index in [4.69, 9.17) is 4.74 Å². The molecule has 0 aliphatic heterocycles. The van der Waals surface area contributed by atoms with Crippen LogP contribution in [0.1, 0.15) is 38.8 Å². The van der Waals surface area contributed by atoms with Gasteiger partial charge in [-0.3, -0.25) is 0 Å². The van der Waals surface area contributed by atoms with Crippen molar-refractivity contribution in [1.82, 2.24) is 0 Å². The van der Waals surface area contributed by atoms with Crippen molar-refractivity contribution in [1.29, 1.82) is 0 Å². The maximum Gasteiger partial charge on any atom is 0.338 e. The molecule has 2 rings (SSSR count). The van der Waals surface area contributed by atoms with Crippen LogP contribution in [0.2, 0.25) is 0 Å². The quantitative estimate of drug-likeness (QED) is 0.794. The molecule has 0 fully saturated rings. The molecule has 0 radical (unpaired) electrons. The number of carbonyl (C=O) groups excluding carboxylic acids is 2. The molecule has 0 amide bonds. The zero-order chi connectivity index (χ0) is 15.9. The first-order chi connectivity index (χ1) is 10.6. The topological polar surface area (TPSA) is 52.6 Å². The van der Waals surface area contributed by atoms with Crippen molar-refractivity contribution in [3.05, 3.63) is 70.8 Å². The van der Waals surface area contributed by atoms with E-state index < -0.39 is 0 Å². The number of ether oxygens (including phenoxy) is 2. The lowest BCUT2D eigenvalue weighted by Crippen LogP contribution is -2.06. The molecule has 0 unspecified atom stereocenters. The lowest BCUT2D eigenvalue weighted by molar-refractivity contribution is 0.0471. The van der Waals surface area contributed by atoms with Gasteiger partial charge in [0.05, 0.1) is 18.2 Å². The maximum atomic E-state index is 11.9. The standard InChI is InChI=1S/C18H18O4/c1-3-13-4-8-16(9-5-13)18(20)22-12-14-6-10-15(11-7-14)17(19)21-2/h4-11H,3,12H2,1-2H3. The van der Waals surface area contributed by atoms with E-state index in [-0.39, 0.29) is 18.5 Å². The van der Waals surface area contributed by atoms with E-state index >= 15 is 0 Å². The van der Waals surface area contributed by atoms with E-state index in [1.165, 1.54) is 12.7 Å². The Hall–Kier alpha value is -2.62. The van der Waals surface area contributed by atoms with E-state index in [0.29, 0.717) is 11.1 Å². The van der Waals surface area contributed by atoms with Gasteiger partial charge < -0.3 is 9.47 Å². The smallest absolute Gasteiger partial charge is 0.338 e. The van der Waals surface area contributed by atoms with Gasteiger partial charge in [-0.15, -0.1) is 0 Å². The molecule has 2 aromatic carbocycles. The summed E-state index contributed by atoms with van der Waals surface area (Å²) >= 11 is 0. The molecule has 0 saturated heterocycles. The van der Waals surface area contributed by atoms with Gasteiger partial charge >= 0.3 is 11.9 Å². The first-order valence-electron chi connectivity index (χ1n) is 7.07. The van der Waals surface area contributed by atoms with Crippen LogP contribution >= 0.6 is 0 Å². The zero-order valence-electron chi connectivity index (χ0n) is 12.7. The summed E-state index contributed by atoms with van der Waals surface area (Å²) in [6.45, 7) is 2.22. The summed E-state index contributed by atoms with van der Waals surface area (Å²) < 4.78 is 9.89. The first-order valence-corrected chi connectivity index (χ1v) is 7.07. The lowest BCUT2D eigenvalue weighted by atomic mass is 10.1. The van der Waals surface area contributed by atoms with Crippen molar-refractivity contribution < 1.29 is 19.1 Å². The van der Waals surface area contributed by atoms with Crippen LogP contribution in [-0.2, 0) is 22.5 Å². The van der Waals surface area contributed by atoms with Gasteiger partial charge in [0.25, 0.3) is 0 Å². The zero-order valence-corrected chi connectivity index (χ0v) is 12.7. The number of methoxy groups -OCH3 is 1. The van der Waals surface area contributed by atoms with Crippen LogP contribution in [0.5, 0.6) is 0 Å². The molecular formula is C18H18O4. The van der Waals surface area contributed by atoms with Crippen molar-refractivity contribution in [3.8, 4) is 0 Å². The van der Waals surface area contributed by atoms with Gasteiger partial charge in [0.2, 0.25) is 0 Å². The first kappa shape index (κ1) is 15.8. The Morgan fingerprint density at radius 2 is 1.32 bits per heavy atom.